The van der Waals surface area contributed by atoms with Gasteiger partial charge < -0.3 is 19.7 Å². The molecule has 0 spiro atoms. The molecule has 4 atom stereocenters. The second-order valence-corrected chi connectivity index (χ2v) is 9.88. The van der Waals surface area contributed by atoms with Crippen molar-refractivity contribution in [3.05, 3.63) is 71.8 Å². The fourth-order valence-corrected chi connectivity index (χ4v) is 5.23. The Hall–Kier alpha value is -4.50. The quantitative estimate of drug-likeness (QED) is 0.152. The summed E-state index contributed by atoms with van der Waals surface area (Å²) in [4.78, 5) is 77.7. The highest BCUT2D eigenvalue weighted by Gasteiger charge is 2.55. The molecular weight excluding hydrogens is 552 g/mol. The van der Waals surface area contributed by atoms with Gasteiger partial charge in [-0.1, -0.05) is 60.7 Å². The van der Waals surface area contributed by atoms with Gasteiger partial charge in [-0.3, -0.25) is 49.2 Å². The minimum absolute atomic E-state index is 0.0541. The number of esters is 2. The summed E-state index contributed by atoms with van der Waals surface area (Å²) in [6.45, 7) is 0.736. The molecule has 2 aliphatic rings. The zero-order chi connectivity index (χ0) is 30.7. The van der Waals surface area contributed by atoms with Crippen molar-refractivity contribution in [1.82, 2.24) is 20.4 Å². The van der Waals surface area contributed by atoms with Crippen LogP contribution in [0.5, 0.6) is 0 Å². The first-order chi connectivity index (χ1) is 19.8. The summed E-state index contributed by atoms with van der Waals surface area (Å²) in [6.07, 6.45) is 0. The second kappa shape index (κ2) is 12.2. The number of benzene rings is 2. The van der Waals surface area contributed by atoms with E-state index in [-0.39, 0.29) is 24.2 Å². The SMILES string of the molecule is CC(=O)OC(O)(c1ccccc1)C1C(=O)NC(=O)CN1CCN1CC(=O)NC(=O)C1C(O)(OC(C)=O)c1ccccc1. The van der Waals surface area contributed by atoms with Gasteiger partial charge in [0.25, 0.3) is 23.4 Å². The first-order valence-corrected chi connectivity index (χ1v) is 13.0. The Labute approximate surface area is 240 Å². The van der Waals surface area contributed by atoms with Gasteiger partial charge in [0.05, 0.1) is 13.1 Å². The van der Waals surface area contributed by atoms with Gasteiger partial charge in [0.2, 0.25) is 11.8 Å². The average molecular weight is 583 g/mol. The lowest BCUT2D eigenvalue weighted by Gasteiger charge is -2.45. The molecule has 2 aromatic rings. The number of piperazine rings is 2. The summed E-state index contributed by atoms with van der Waals surface area (Å²) in [5, 5.41) is 27.6. The first-order valence-electron chi connectivity index (χ1n) is 13.0. The fourth-order valence-electron chi connectivity index (χ4n) is 5.23. The molecule has 2 saturated heterocycles. The summed E-state index contributed by atoms with van der Waals surface area (Å²) >= 11 is 0. The van der Waals surface area contributed by atoms with Gasteiger partial charge in [-0.25, -0.2) is 0 Å². The average Bonchev–Trinajstić information content (AvgIpc) is 2.91. The number of nitrogens with one attached hydrogen (secondary N) is 2. The van der Waals surface area contributed by atoms with Crippen LogP contribution in [0.15, 0.2) is 60.7 Å². The number of imide groups is 2. The molecule has 0 aliphatic carbocycles. The van der Waals surface area contributed by atoms with Crippen LogP contribution >= 0.6 is 0 Å². The summed E-state index contributed by atoms with van der Waals surface area (Å²) in [6, 6.07) is 12.0. The Morgan fingerprint density at radius 1 is 0.714 bits per heavy atom. The summed E-state index contributed by atoms with van der Waals surface area (Å²) in [5.74, 6) is -10.2. The Kier molecular flexibility index (Phi) is 8.82. The Morgan fingerprint density at radius 3 is 1.36 bits per heavy atom. The molecule has 0 saturated carbocycles. The molecule has 14 heteroatoms. The van der Waals surface area contributed by atoms with Crippen molar-refractivity contribution >= 4 is 35.6 Å². The van der Waals surface area contributed by atoms with Gasteiger partial charge in [-0.15, -0.1) is 0 Å². The highest BCUT2D eigenvalue weighted by atomic mass is 16.7. The molecular formula is C28H30N4O10. The maximum absolute atomic E-state index is 13.1. The third-order valence-corrected chi connectivity index (χ3v) is 6.83. The third-order valence-electron chi connectivity index (χ3n) is 6.83. The van der Waals surface area contributed by atoms with Crippen LogP contribution in [-0.4, -0.2) is 93.8 Å². The number of hydrogen-bond donors (Lipinski definition) is 4. The van der Waals surface area contributed by atoms with Crippen molar-refractivity contribution in [2.45, 2.75) is 37.5 Å². The van der Waals surface area contributed by atoms with E-state index in [0.717, 1.165) is 13.8 Å². The number of aliphatic hydroxyl groups is 2. The molecule has 0 aromatic heterocycles. The highest BCUT2D eigenvalue weighted by molar-refractivity contribution is 6.02. The molecule has 4 amide bonds. The number of nitrogens with zero attached hydrogens (tertiary/aromatic N) is 2. The monoisotopic (exact) mass is 582 g/mol. The number of carbonyl (C=O) groups is 6. The fraction of sp³-hybridized carbons (Fsp3) is 0.357. The standard InChI is InChI=1S/C28H30N4O10/c1-17(33)41-27(39,19-9-5-3-6-10-19)23-25(37)29-21(35)15-31(23)13-14-32-16-22(36)30-26(38)24(32)28(40,42-18(2)34)20-11-7-4-8-12-20/h3-12,23-24,39-40H,13-16H2,1-2H3,(H,29,35,37)(H,30,36,38). The highest BCUT2D eigenvalue weighted by Crippen LogP contribution is 2.34. The molecule has 2 aromatic carbocycles. The van der Waals surface area contributed by atoms with E-state index >= 15 is 0 Å². The molecule has 222 valence electrons. The lowest BCUT2D eigenvalue weighted by molar-refractivity contribution is -0.246. The topological polar surface area (TPSA) is 192 Å². The largest absolute Gasteiger partial charge is 0.427 e. The van der Waals surface area contributed by atoms with Gasteiger partial charge in [-0.05, 0) is 0 Å². The second-order valence-electron chi connectivity index (χ2n) is 9.88. The van der Waals surface area contributed by atoms with E-state index in [2.05, 4.69) is 10.6 Å². The number of hydrogen-bond acceptors (Lipinski definition) is 12. The van der Waals surface area contributed by atoms with Crippen molar-refractivity contribution in [3.63, 3.8) is 0 Å². The smallest absolute Gasteiger partial charge is 0.305 e. The molecule has 2 fully saturated rings. The van der Waals surface area contributed by atoms with Crippen molar-refractivity contribution in [3.8, 4) is 0 Å². The van der Waals surface area contributed by atoms with Gasteiger partial charge in [0.15, 0.2) is 12.1 Å². The van der Waals surface area contributed by atoms with E-state index < -0.39 is 72.3 Å². The van der Waals surface area contributed by atoms with Gasteiger partial charge in [-0.2, -0.15) is 0 Å². The molecule has 4 rings (SSSR count). The van der Waals surface area contributed by atoms with E-state index in [0.29, 0.717) is 0 Å². The third kappa shape index (κ3) is 6.21. The van der Waals surface area contributed by atoms with Crippen molar-refractivity contribution in [2.24, 2.45) is 0 Å². The predicted molar refractivity (Wildman–Crippen MR) is 141 cm³/mol. The number of amides is 4. The Morgan fingerprint density at radius 2 is 1.05 bits per heavy atom. The van der Waals surface area contributed by atoms with Crippen molar-refractivity contribution < 1.29 is 48.5 Å². The van der Waals surface area contributed by atoms with E-state index in [1.54, 1.807) is 36.4 Å². The van der Waals surface area contributed by atoms with E-state index in [1.165, 1.54) is 34.1 Å². The normalized spacial score (nSPS) is 22.8. The minimum Gasteiger partial charge on any atom is -0.427 e. The van der Waals surface area contributed by atoms with Gasteiger partial charge >= 0.3 is 11.9 Å². The van der Waals surface area contributed by atoms with Crippen molar-refractivity contribution in [2.75, 3.05) is 26.2 Å². The maximum atomic E-state index is 13.1. The van der Waals surface area contributed by atoms with Crippen LogP contribution in [0.3, 0.4) is 0 Å². The predicted octanol–water partition coefficient (Wildman–Crippen LogP) is -1.54. The van der Waals surface area contributed by atoms with Crippen LogP contribution in [0.25, 0.3) is 0 Å². The molecule has 42 heavy (non-hydrogen) atoms. The summed E-state index contributed by atoms with van der Waals surface area (Å²) < 4.78 is 10.6. The molecule has 0 radical (unpaired) electrons. The molecule has 4 N–H and O–H groups in total. The van der Waals surface area contributed by atoms with Gasteiger partial charge in [0.1, 0.15) is 0 Å². The lowest BCUT2D eigenvalue weighted by atomic mass is 9.93. The van der Waals surface area contributed by atoms with E-state index in [4.69, 9.17) is 9.47 Å². The van der Waals surface area contributed by atoms with Crippen LogP contribution in [0.4, 0.5) is 0 Å². The van der Waals surface area contributed by atoms with Crippen molar-refractivity contribution in [1.29, 1.82) is 0 Å². The zero-order valence-corrected chi connectivity index (χ0v) is 22.8. The van der Waals surface area contributed by atoms with E-state index in [9.17, 15) is 39.0 Å². The molecule has 0 bridgehead atoms. The van der Waals surface area contributed by atoms with Gasteiger partial charge in [0, 0.05) is 38.1 Å². The minimum atomic E-state index is -2.53. The Balaban J connectivity index is 1.71. The van der Waals surface area contributed by atoms with E-state index in [1.807, 2.05) is 0 Å². The summed E-state index contributed by atoms with van der Waals surface area (Å²) in [7, 11) is 0. The number of rotatable bonds is 9. The molecule has 14 nitrogen and oxygen atoms in total. The summed E-state index contributed by atoms with van der Waals surface area (Å²) in [5.41, 5.74) is 0.108. The number of carbonyl (C=O) groups excluding carboxylic acids is 6. The lowest BCUT2D eigenvalue weighted by Crippen LogP contribution is -2.69. The molecule has 2 heterocycles. The number of ether oxygens (including phenoxy) is 2. The zero-order valence-electron chi connectivity index (χ0n) is 22.8. The van der Waals surface area contributed by atoms with Crippen LogP contribution in [-0.2, 0) is 49.8 Å². The molecule has 4 unspecified atom stereocenters. The Bertz CT molecular complexity index is 1280. The van der Waals surface area contributed by atoms with Crippen LogP contribution in [0, 0.1) is 0 Å². The van der Waals surface area contributed by atoms with Crippen LogP contribution in [0.2, 0.25) is 0 Å². The molecule has 2 aliphatic heterocycles. The first kappa shape index (κ1) is 30.5. The van der Waals surface area contributed by atoms with Crippen LogP contribution < -0.4 is 10.6 Å². The van der Waals surface area contributed by atoms with Crippen LogP contribution in [0.1, 0.15) is 25.0 Å². The maximum Gasteiger partial charge on any atom is 0.305 e.